The Labute approximate surface area is 79.4 Å². The average molecular weight is 268 g/mol. The number of hydrogen-bond donors (Lipinski definition) is 6. The van der Waals surface area contributed by atoms with Gasteiger partial charge in [-0.3, -0.25) is 9.41 Å². The van der Waals surface area contributed by atoms with Gasteiger partial charge in [-0.2, -0.15) is 0 Å². The van der Waals surface area contributed by atoms with Crippen LogP contribution in [0.1, 0.15) is 14.9 Å². The lowest BCUT2D eigenvalue weighted by atomic mass is 12.0. The number of hydrogen-bond acceptors (Lipinski definition) is 2. The van der Waals surface area contributed by atoms with Crippen molar-refractivity contribution in [1.82, 2.24) is 0 Å². The molecular formula is C2H16F2O8P2. The van der Waals surface area contributed by atoms with Gasteiger partial charge in [0.25, 0.3) is 0 Å². The van der Waals surface area contributed by atoms with Crippen LogP contribution in [0, 0.1) is 0 Å². The van der Waals surface area contributed by atoms with E-state index in [4.69, 9.17) is 38.5 Å². The summed E-state index contributed by atoms with van der Waals surface area (Å²) in [5, 5.41) is 0. The second-order valence-electron chi connectivity index (χ2n) is 1.03. The molecule has 0 spiro atoms. The van der Waals surface area contributed by atoms with Crippen LogP contribution >= 0.6 is 15.6 Å². The Kier molecular flexibility index (Phi) is 34.5. The van der Waals surface area contributed by atoms with E-state index in [9.17, 15) is 0 Å². The first kappa shape index (κ1) is 36.9. The molecule has 0 bridgehead atoms. The van der Waals surface area contributed by atoms with Crippen molar-refractivity contribution in [3.63, 3.8) is 0 Å². The van der Waals surface area contributed by atoms with Gasteiger partial charge in [0.2, 0.25) is 0 Å². The van der Waals surface area contributed by atoms with Crippen LogP contribution in [0.2, 0.25) is 0 Å². The van der Waals surface area contributed by atoms with E-state index in [-0.39, 0.29) is 24.3 Å². The van der Waals surface area contributed by atoms with E-state index >= 15 is 0 Å². The monoisotopic (exact) mass is 268 g/mol. The molecule has 0 saturated carbocycles. The third kappa shape index (κ3) is 232000. The smallest absolute Gasteiger partial charge is 0.303 e. The fourth-order valence-corrected chi connectivity index (χ4v) is 0. The third-order valence-electron chi connectivity index (χ3n) is 0. The molecule has 0 aliphatic carbocycles. The first-order valence-corrected chi connectivity index (χ1v) is 4.70. The summed E-state index contributed by atoms with van der Waals surface area (Å²) >= 11 is 0. The summed E-state index contributed by atoms with van der Waals surface area (Å²) in [6.45, 7) is 0. The Morgan fingerprint density at radius 2 is 0.571 bits per heavy atom. The molecule has 0 aromatic carbocycles. The molecule has 8 nitrogen and oxygen atoms in total. The predicted molar refractivity (Wildman–Crippen MR) is 47.0 cm³/mol. The van der Waals surface area contributed by atoms with Crippen molar-refractivity contribution in [2.24, 2.45) is 0 Å². The fraction of sp³-hybridized carbons (Fsp3) is 1.00. The minimum Gasteiger partial charge on any atom is -0.303 e. The molecule has 12 heteroatoms. The Morgan fingerprint density at radius 1 is 0.571 bits per heavy atom. The molecule has 0 heterocycles. The molecule has 0 atom stereocenters. The Morgan fingerprint density at radius 3 is 0.571 bits per heavy atom. The Hall–Kier alpha value is 0.0800. The van der Waals surface area contributed by atoms with Crippen LogP contribution in [-0.2, 0) is 9.13 Å². The minimum atomic E-state index is -4.64. The van der Waals surface area contributed by atoms with Gasteiger partial charge in [0.05, 0.1) is 0 Å². The molecule has 0 rings (SSSR count). The van der Waals surface area contributed by atoms with Crippen LogP contribution in [0.4, 0.5) is 9.41 Å². The second-order valence-corrected chi connectivity index (χ2v) is 3.08. The lowest BCUT2D eigenvalue weighted by Crippen LogP contribution is -1.66. The molecule has 96 valence electrons. The van der Waals surface area contributed by atoms with E-state index < -0.39 is 15.6 Å². The first-order valence-electron chi connectivity index (χ1n) is 1.57. The largest absolute Gasteiger partial charge is 0.466 e. The van der Waals surface area contributed by atoms with E-state index in [1.54, 1.807) is 0 Å². The van der Waals surface area contributed by atoms with Crippen molar-refractivity contribution >= 4 is 15.6 Å². The van der Waals surface area contributed by atoms with Crippen LogP contribution in [0.5, 0.6) is 0 Å². The maximum atomic E-state index is 8.88. The normalized spacial score (nSPS) is 8.43. The van der Waals surface area contributed by atoms with Crippen molar-refractivity contribution in [3.8, 4) is 0 Å². The SMILES string of the molecule is C.C.F.F.O=P(O)(O)O.O=P(O)(O)O. The summed E-state index contributed by atoms with van der Waals surface area (Å²) in [4.78, 5) is 43.1. The molecule has 6 N–H and O–H groups in total. The standard InChI is InChI=1S/2CH4.2FH.2H3O4P/c;;;;2*1-5(2,3)4/h2*1H4;2*1H;2*(H3,1,2,3,4). The zero-order valence-corrected chi connectivity index (χ0v) is 7.00. The predicted octanol–water partition coefficient (Wildman–Crippen LogP) is -0.280. The number of halogens is 2. The van der Waals surface area contributed by atoms with Gasteiger partial charge in [0, 0.05) is 0 Å². The van der Waals surface area contributed by atoms with E-state index in [0.29, 0.717) is 0 Å². The highest BCUT2D eigenvalue weighted by atomic mass is 31.2. The van der Waals surface area contributed by atoms with Gasteiger partial charge in [-0.1, -0.05) is 14.9 Å². The van der Waals surface area contributed by atoms with Gasteiger partial charge >= 0.3 is 15.6 Å². The molecule has 0 aliphatic heterocycles. The quantitative estimate of drug-likeness (QED) is 0.327. The van der Waals surface area contributed by atoms with Crippen LogP contribution < -0.4 is 0 Å². The van der Waals surface area contributed by atoms with Gasteiger partial charge in [-0.25, -0.2) is 9.13 Å². The van der Waals surface area contributed by atoms with Gasteiger partial charge in [0.15, 0.2) is 0 Å². The topological polar surface area (TPSA) is 156 Å². The summed E-state index contributed by atoms with van der Waals surface area (Å²) in [5.74, 6) is 0. The van der Waals surface area contributed by atoms with Crippen LogP contribution in [0.25, 0.3) is 0 Å². The fourth-order valence-electron chi connectivity index (χ4n) is 0. The van der Waals surface area contributed by atoms with Gasteiger partial charge in [-0.15, -0.1) is 0 Å². The zero-order valence-electron chi connectivity index (χ0n) is 5.21. The first-order chi connectivity index (χ1) is 4.00. The molecule has 14 heavy (non-hydrogen) atoms. The summed E-state index contributed by atoms with van der Waals surface area (Å²) in [6, 6.07) is 0. The molecule has 0 aliphatic rings. The zero-order chi connectivity index (χ0) is 9.00. The van der Waals surface area contributed by atoms with Crippen molar-refractivity contribution in [2.45, 2.75) is 14.9 Å². The van der Waals surface area contributed by atoms with E-state index in [1.807, 2.05) is 0 Å². The highest BCUT2D eigenvalue weighted by Gasteiger charge is 2.00. The average Bonchev–Trinajstić information content (AvgIpc) is 1.12. The summed E-state index contributed by atoms with van der Waals surface area (Å²) in [5.41, 5.74) is 0. The molecule has 0 aromatic heterocycles. The molecule has 0 unspecified atom stereocenters. The minimum absolute atomic E-state index is 0. The molecule has 0 fully saturated rings. The van der Waals surface area contributed by atoms with Crippen molar-refractivity contribution in [3.05, 3.63) is 0 Å². The second kappa shape index (κ2) is 13.1. The summed E-state index contributed by atoms with van der Waals surface area (Å²) in [7, 11) is -9.28. The molecule has 0 amide bonds. The van der Waals surface area contributed by atoms with E-state index in [0.717, 1.165) is 0 Å². The van der Waals surface area contributed by atoms with E-state index in [1.165, 1.54) is 0 Å². The lowest BCUT2D eigenvalue weighted by Gasteiger charge is -1.82. The van der Waals surface area contributed by atoms with Gasteiger partial charge in [-0.05, 0) is 0 Å². The molecular weight excluding hydrogens is 252 g/mol. The molecule has 0 saturated heterocycles. The highest BCUT2D eigenvalue weighted by Crippen LogP contribution is 2.26. The lowest BCUT2D eigenvalue weighted by molar-refractivity contribution is 0.272. The highest BCUT2D eigenvalue weighted by molar-refractivity contribution is 7.45. The molecule has 0 radical (unpaired) electrons. The van der Waals surface area contributed by atoms with Gasteiger partial charge < -0.3 is 29.4 Å². The van der Waals surface area contributed by atoms with Gasteiger partial charge in [0.1, 0.15) is 0 Å². The van der Waals surface area contributed by atoms with Crippen molar-refractivity contribution < 1.29 is 47.9 Å². The third-order valence-corrected chi connectivity index (χ3v) is 0. The Bertz CT molecular complexity index is 136. The van der Waals surface area contributed by atoms with Crippen LogP contribution in [0.15, 0.2) is 0 Å². The molecule has 0 aromatic rings. The Balaban J connectivity index is -0.0000000178. The van der Waals surface area contributed by atoms with Crippen molar-refractivity contribution in [1.29, 1.82) is 0 Å². The number of phosphoric acid groups is 2. The summed E-state index contributed by atoms with van der Waals surface area (Å²) < 4.78 is 17.8. The van der Waals surface area contributed by atoms with Crippen LogP contribution in [0.3, 0.4) is 0 Å². The maximum Gasteiger partial charge on any atom is 0.466 e. The van der Waals surface area contributed by atoms with E-state index in [2.05, 4.69) is 0 Å². The summed E-state index contributed by atoms with van der Waals surface area (Å²) in [6.07, 6.45) is 0. The van der Waals surface area contributed by atoms with Crippen LogP contribution in [-0.4, -0.2) is 29.4 Å². The van der Waals surface area contributed by atoms with Crippen molar-refractivity contribution in [2.75, 3.05) is 0 Å². The number of rotatable bonds is 0. The maximum absolute atomic E-state index is 8.88.